The Kier molecular flexibility index (Phi) is 3.03. The summed E-state index contributed by atoms with van der Waals surface area (Å²) >= 11 is 0. The third kappa shape index (κ3) is 1.86. The van der Waals surface area contributed by atoms with Crippen LogP contribution in [0.5, 0.6) is 11.5 Å². The lowest BCUT2D eigenvalue weighted by atomic mass is 9.83. The lowest BCUT2D eigenvalue weighted by molar-refractivity contribution is 0.141. The lowest BCUT2D eigenvalue weighted by Gasteiger charge is -2.27. The topological polar surface area (TPSA) is 53.7 Å². The second-order valence-corrected chi connectivity index (χ2v) is 4.27. The Balaban J connectivity index is 2.32. The van der Waals surface area contributed by atoms with E-state index < -0.39 is 0 Å². The Labute approximate surface area is 95.3 Å². The van der Waals surface area contributed by atoms with Crippen molar-refractivity contribution in [2.45, 2.75) is 12.3 Å². The minimum absolute atomic E-state index is 0.185. The third-order valence-electron chi connectivity index (χ3n) is 2.98. The predicted octanol–water partition coefficient (Wildman–Crippen LogP) is 1.28. The first-order valence-electron chi connectivity index (χ1n) is 5.29. The second kappa shape index (κ2) is 4.31. The van der Waals surface area contributed by atoms with E-state index in [9.17, 15) is 0 Å². The molecule has 2 rings (SSSR count). The van der Waals surface area contributed by atoms with Crippen molar-refractivity contribution in [3.05, 3.63) is 23.8 Å². The molecule has 0 amide bonds. The van der Waals surface area contributed by atoms with Gasteiger partial charge >= 0.3 is 0 Å². The number of fused-ring (bicyclic) bond motifs is 1. The van der Waals surface area contributed by atoms with Crippen LogP contribution in [0, 0.1) is 0 Å². The third-order valence-corrected chi connectivity index (χ3v) is 2.98. The number of nitrogens with two attached hydrogens (primary N) is 1. The number of hydrogen-bond acceptors (Lipinski definition) is 4. The van der Waals surface area contributed by atoms with Crippen LogP contribution in [-0.4, -0.2) is 27.1 Å². The summed E-state index contributed by atoms with van der Waals surface area (Å²) in [5, 5.41) is 0. The maximum atomic E-state index is 5.82. The molecule has 0 radical (unpaired) electrons. The maximum absolute atomic E-state index is 5.82. The second-order valence-electron chi connectivity index (χ2n) is 4.27. The molecule has 1 aromatic rings. The van der Waals surface area contributed by atoms with Crippen molar-refractivity contribution in [3.8, 4) is 11.5 Å². The van der Waals surface area contributed by atoms with E-state index in [0.717, 1.165) is 17.1 Å². The van der Waals surface area contributed by atoms with Crippen molar-refractivity contribution < 1.29 is 14.2 Å². The van der Waals surface area contributed by atoms with Gasteiger partial charge in [0.1, 0.15) is 0 Å². The minimum atomic E-state index is -0.185. The van der Waals surface area contributed by atoms with Gasteiger partial charge in [0.25, 0.3) is 0 Å². The smallest absolute Gasteiger partial charge is 0.231 e. The van der Waals surface area contributed by atoms with Crippen LogP contribution in [0.2, 0.25) is 0 Å². The summed E-state index contributed by atoms with van der Waals surface area (Å²) in [5.41, 5.74) is 6.75. The van der Waals surface area contributed by atoms with Crippen molar-refractivity contribution in [3.63, 3.8) is 0 Å². The molecule has 0 aliphatic carbocycles. The molecule has 1 aromatic carbocycles. The highest BCUT2D eigenvalue weighted by atomic mass is 16.7. The summed E-state index contributed by atoms with van der Waals surface area (Å²) in [6.07, 6.45) is 0. The summed E-state index contributed by atoms with van der Waals surface area (Å²) < 4.78 is 15.8. The Morgan fingerprint density at radius 2 is 2.12 bits per heavy atom. The Morgan fingerprint density at radius 3 is 2.81 bits per heavy atom. The quantitative estimate of drug-likeness (QED) is 0.835. The van der Waals surface area contributed by atoms with E-state index in [1.807, 2.05) is 18.2 Å². The molecule has 1 aliphatic heterocycles. The predicted molar refractivity (Wildman–Crippen MR) is 60.8 cm³/mol. The first-order chi connectivity index (χ1) is 7.69. The van der Waals surface area contributed by atoms with E-state index in [0.29, 0.717) is 19.9 Å². The van der Waals surface area contributed by atoms with Gasteiger partial charge in [-0.3, -0.25) is 0 Å². The molecule has 0 spiro atoms. The molecule has 1 aliphatic rings. The molecule has 88 valence electrons. The first kappa shape index (κ1) is 11.2. The van der Waals surface area contributed by atoms with Crippen molar-refractivity contribution in [1.82, 2.24) is 0 Å². The molecule has 4 nitrogen and oxygen atoms in total. The Hall–Kier alpha value is -1.26. The highest BCUT2D eigenvalue weighted by Gasteiger charge is 2.27. The lowest BCUT2D eigenvalue weighted by Crippen LogP contribution is -2.36. The number of benzene rings is 1. The molecule has 0 bridgehead atoms. The molecule has 1 unspecified atom stereocenters. The van der Waals surface area contributed by atoms with E-state index >= 15 is 0 Å². The molecule has 16 heavy (non-hydrogen) atoms. The van der Waals surface area contributed by atoms with E-state index in [4.69, 9.17) is 19.9 Å². The minimum Gasteiger partial charge on any atom is -0.454 e. The largest absolute Gasteiger partial charge is 0.454 e. The first-order valence-corrected chi connectivity index (χ1v) is 5.29. The van der Waals surface area contributed by atoms with Gasteiger partial charge in [-0.2, -0.15) is 0 Å². The fraction of sp³-hybridized carbons (Fsp3) is 0.500. The van der Waals surface area contributed by atoms with Crippen LogP contribution in [0.4, 0.5) is 0 Å². The van der Waals surface area contributed by atoms with Crippen molar-refractivity contribution in [1.29, 1.82) is 0 Å². The molecule has 0 fully saturated rings. The summed E-state index contributed by atoms with van der Waals surface area (Å²) in [6.45, 7) is 3.49. The number of rotatable bonds is 4. The molecule has 2 N–H and O–H groups in total. The molecule has 0 aromatic heterocycles. The normalized spacial score (nSPS) is 17.2. The van der Waals surface area contributed by atoms with Gasteiger partial charge in [-0.15, -0.1) is 0 Å². The number of ether oxygens (including phenoxy) is 3. The SMILES string of the molecule is COCC(C)(CN)c1ccc2c(c1)OCO2. The Morgan fingerprint density at radius 1 is 1.38 bits per heavy atom. The van der Waals surface area contributed by atoms with Crippen molar-refractivity contribution in [2.24, 2.45) is 5.73 Å². The van der Waals surface area contributed by atoms with Gasteiger partial charge in [-0.1, -0.05) is 13.0 Å². The van der Waals surface area contributed by atoms with Crippen LogP contribution in [0.1, 0.15) is 12.5 Å². The zero-order valence-electron chi connectivity index (χ0n) is 9.66. The Bertz CT molecular complexity index is 381. The fourth-order valence-electron chi connectivity index (χ4n) is 1.85. The maximum Gasteiger partial charge on any atom is 0.231 e. The van der Waals surface area contributed by atoms with Gasteiger partial charge in [-0.05, 0) is 17.7 Å². The van der Waals surface area contributed by atoms with Crippen LogP contribution < -0.4 is 15.2 Å². The molecular formula is C12H17NO3. The molecule has 1 heterocycles. The monoisotopic (exact) mass is 223 g/mol. The average molecular weight is 223 g/mol. The summed E-state index contributed by atoms with van der Waals surface area (Å²) in [7, 11) is 1.68. The molecule has 0 saturated heterocycles. The summed E-state index contributed by atoms with van der Waals surface area (Å²) in [4.78, 5) is 0. The average Bonchev–Trinajstić information content (AvgIpc) is 2.76. The van der Waals surface area contributed by atoms with Crippen LogP contribution in [0.3, 0.4) is 0 Å². The van der Waals surface area contributed by atoms with Crippen LogP contribution in [-0.2, 0) is 10.2 Å². The van der Waals surface area contributed by atoms with E-state index in [1.54, 1.807) is 7.11 Å². The zero-order chi connectivity index (χ0) is 11.6. The molecule has 1 atom stereocenters. The van der Waals surface area contributed by atoms with Crippen LogP contribution in [0.15, 0.2) is 18.2 Å². The van der Waals surface area contributed by atoms with Gasteiger partial charge in [0.15, 0.2) is 11.5 Å². The molecule has 4 heteroatoms. The zero-order valence-corrected chi connectivity index (χ0v) is 9.66. The number of hydrogen-bond donors (Lipinski definition) is 1. The van der Waals surface area contributed by atoms with Gasteiger partial charge in [0.05, 0.1) is 6.61 Å². The summed E-state index contributed by atoms with van der Waals surface area (Å²) in [6, 6.07) is 5.91. The van der Waals surface area contributed by atoms with Crippen molar-refractivity contribution >= 4 is 0 Å². The van der Waals surface area contributed by atoms with Gasteiger partial charge in [0, 0.05) is 19.1 Å². The fourth-order valence-corrected chi connectivity index (χ4v) is 1.85. The van der Waals surface area contributed by atoms with E-state index in [-0.39, 0.29) is 5.41 Å². The van der Waals surface area contributed by atoms with Gasteiger partial charge < -0.3 is 19.9 Å². The highest BCUT2D eigenvalue weighted by molar-refractivity contribution is 5.46. The van der Waals surface area contributed by atoms with Crippen LogP contribution in [0.25, 0.3) is 0 Å². The number of methoxy groups -OCH3 is 1. The van der Waals surface area contributed by atoms with Gasteiger partial charge in [0.2, 0.25) is 6.79 Å². The standard InChI is InChI=1S/C12H17NO3/c1-12(6-13,7-14-2)9-3-4-10-11(5-9)16-8-15-10/h3-5H,6-8,13H2,1-2H3. The van der Waals surface area contributed by atoms with Crippen LogP contribution >= 0.6 is 0 Å². The molecular weight excluding hydrogens is 206 g/mol. The molecule has 0 saturated carbocycles. The van der Waals surface area contributed by atoms with Gasteiger partial charge in [-0.25, -0.2) is 0 Å². The van der Waals surface area contributed by atoms with E-state index in [2.05, 4.69) is 6.92 Å². The summed E-state index contributed by atoms with van der Waals surface area (Å²) in [5.74, 6) is 1.58. The highest BCUT2D eigenvalue weighted by Crippen LogP contribution is 2.36. The van der Waals surface area contributed by atoms with Crippen molar-refractivity contribution in [2.75, 3.05) is 27.1 Å². The van der Waals surface area contributed by atoms with E-state index in [1.165, 1.54) is 0 Å².